The van der Waals surface area contributed by atoms with Crippen molar-refractivity contribution in [3.8, 4) is 5.75 Å². The zero-order chi connectivity index (χ0) is 23.3. The fourth-order valence-corrected chi connectivity index (χ4v) is 5.19. The maximum Gasteiger partial charge on any atom is 0.268 e. The molecule has 2 aromatic heterocycles. The number of benzene rings is 1. The number of nitrogens with two attached hydrogens (primary N) is 1. The van der Waals surface area contributed by atoms with Crippen molar-refractivity contribution in [3.05, 3.63) is 69.3 Å². The summed E-state index contributed by atoms with van der Waals surface area (Å²) in [4.78, 5) is 31.9. The van der Waals surface area contributed by atoms with Gasteiger partial charge in [0.05, 0.1) is 30.2 Å². The van der Waals surface area contributed by atoms with Crippen LogP contribution in [0.5, 0.6) is 5.75 Å². The smallest absolute Gasteiger partial charge is 0.268 e. The van der Waals surface area contributed by atoms with Crippen LogP contribution < -0.4 is 15.9 Å². The number of carbonyl (C=O) groups is 1. The Morgan fingerprint density at radius 3 is 2.73 bits per heavy atom. The van der Waals surface area contributed by atoms with Gasteiger partial charge in [0.15, 0.2) is 17.0 Å². The highest BCUT2D eigenvalue weighted by atomic mass is 19.2. The van der Waals surface area contributed by atoms with Gasteiger partial charge in [-0.15, -0.1) is 0 Å². The van der Waals surface area contributed by atoms with Crippen LogP contribution in [0.2, 0.25) is 0 Å². The summed E-state index contributed by atoms with van der Waals surface area (Å²) in [5.74, 6) is -3.58. The van der Waals surface area contributed by atoms with E-state index in [1.807, 2.05) is 0 Å². The van der Waals surface area contributed by atoms with Gasteiger partial charge in [-0.3, -0.25) is 14.6 Å². The lowest BCUT2D eigenvalue weighted by Crippen LogP contribution is -2.47. The van der Waals surface area contributed by atoms with E-state index >= 15 is 0 Å². The van der Waals surface area contributed by atoms with E-state index in [0.29, 0.717) is 29.8 Å². The van der Waals surface area contributed by atoms with Gasteiger partial charge in [0.2, 0.25) is 5.82 Å². The number of aromatic amines is 1. The average Bonchev–Trinajstić information content (AvgIpc) is 2.78. The second kappa shape index (κ2) is 7.91. The standard InChI is InChI=1S/C24H23F2N3O4/c1-32-22-12(3-4-15(25)20(22)26)13-10-24(6-2-7-24)33-11-14(13)17-9-18(30)19-16(29-17)5-8-28-21(19)23(27)31/h3-5,8-9,13-14H,2,6-7,10-11H2,1H3,(H2,27,31)(H,29,30)/t13-,14+/m1/s1. The SMILES string of the molecule is COc1c([C@H]2CC3(CCC3)OC[C@@H]2c2cc(=O)c3c(C(N)=O)nccc3[nH]2)ccc(F)c1F. The molecule has 3 N–H and O–H groups in total. The summed E-state index contributed by atoms with van der Waals surface area (Å²) in [6.45, 7) is 0.294. The summed E-state index contributed by atoms with van der Waals surface area (Å²) >= 11 is 0. The molecule has 1 aliphatic heterocycles. The van der Waals surface area contributed by atoms with Gasteiger partial charge in [-0.25, -0.2) is 4.39 Å². The molecular weight excluding hydrogens is 432 g/mol. The normalized spacial score (nSPS) is 21.7. The van der Waals surface area contributed by atoms with Gasteiger partial charge in [-0.2, -0.15) is 4.39 Å². The topological polar surface area (TPSA) is 107 Å². The molecule has 1 aliphatic carbocycles. The minimum absolute atomic E-state index is 0.104. The molecule has 3 aromatic rings. The average molecular weight is 455 g/mol. The number of H-pyrrole nitrogens is 1. The van der Waals surface area contributed by atoms with Crippen molar-refractivity contribution in [3.63, 3.8) is 0 Å². The third-order valence-corrected chi connectivity index (χ3v) is 6.99. The second-order valence-corrected chi connectivity index (χ2v) is 8.78. The van der Waals surface area contributed by atoms with Crippen molar-refractivity contribution in [1.29, 1.82) is 0 Å². The lowest BCUT2D eigenvalue weighted by atomic mass is 9.67. The Kier molecular flexibility index (Phi) is 5.16. The number of pyridine rings is 2. The highest BCUT2D eigenvalue weighted by molar-refractivity contribution is 6.03. The van der Waals surface area contributed by atoms with Crippen molar-refractivity contribution >= 4 is 16.8 Å². The molecule has 2 fully saturated rings. The van der Waals surface area contributed by atoms with E-state index in [1.165, 1.54) is 19.4 Å². The van der Waals surface area contributed by atoms with Gasteiger partial charge in [0.1, 0.15) is 5.69 Å². The van der Waals surface area contributed by atoms with E-state index in [9.17, 15) is 18.4 Å². The van der Waals surface area contributed by atoms with Crippen LogP contribution in [0.4, 0.5) is 8.78 Å². The van der Waals surface area contributed by atoms with E-state index < -0.39 is 23.0 Å². The van der Waals surface area contributed by atoms with Crippen LogP contribution in [0.3, 0.4) is 0 Å². The highest BCUT2D eigenvalue weighted by Gasteiger charge is 2.48. The third kappa shape index (κ3) is 3.47. The molecule has 172 valence electrons. The van der Waals surface area contributed by atoms with Gasteiger partial charge in [0.25, 0.3) is 5.91 Å². The first-order valence-electron chi connectivity index (χ1n) is 10.8. The minimum Gasteiger partial charge on any atom is -0.493 e. The molecule has 0 unspecified atom stereocenters. The number of nitrogens with one attached hydrogen (secondary N) is 1. The predicted molar refractivity (Wildman–Crippen MR) is 116 cm³/mol. The number of nitrogens with zero attached hydrogens (tertiary/aromatic N) is 1. The number of ether oxygens (including phenoxy) is 2. The number of carbonyl (C=O) groups excluding carboxylic acids is 1. The molecule has 1 amide bonds. The maximum atomic E-state index is 14.6. The molecule has 9 heteroatoms. The Labute approximate surface area is 187 Å². The fourth-order valence-electron chi connectivity index (χ4n) is 5.19. The van der Waals surface area contributed by atoms with Crippen LogP contribution in [0.15, 0.2) is 35.3 Å². The van der Waals surface area contributed by atoms with Crippen molar-refractivity contribution in [2.75, 3.05) is 13.7 Å². The van der Waals surface area contributed by atoms with E-state index in [2.05, 4.69) is 9.97 Å². The van der Waals surface area contributed by atoms with Crippen LogP contribution in [-0.4, -0.2) is 35.2 Å². The van der Waals surface area contributed by atoms with E-state index in [4.69, 9.17) is 15.2 Å². The molecular formula is C24H23F2N3O4. The molecule has 0 radical (unpaired) electrons. The Balaban J connectivity index is 1.65. The molecule has 3 heterocycles. The van der Waals surface area contributed by atoms with Gasteiger partial charge >= 0.3 is 0 Å². The van der Waals surface area contributed by atoms with Crippen LogP contribution in [0.1, 0.15) is 59.3 Å². The molecule has 1 saturated carbocycles. The van der Waals surface area contributed by atoms with Crippen molar-refractivity contribution in [2.45, 2.75) is 43.1 Å². The van der Waals surface area contributed by atoms with E-state index in [1.54, 1.807) is 12.1 Å². The second-order valence-electron chi connectivity index (χ2n) is 8.78. The molecule has 2 aliphatic rings. The maximum absolute atomic E-state index is 14.6. The molecule has 1 spiro atoms. The van der Waals surface area contributed by atoms with Crippen LogP contribution in [-0.2, 0) is 4.74 Å². The first-order chi connectivity index (χ1) is 15.8. The first kappa shape index (κ1) is 21.5. The first-order valence-corrected chi connectivity index (χ1v) is 10.8. The summed E-state index contributed by atoms with van der Waals surface area (Å²) < 4.78 is 40.0. The lowest BCUT2D eigenvalue weighted by Gasteiger charge is -2.50. The lowest BCUT2D eigenvalue weighted by molar-refractivity contribution is -0.141. The van der Waals surface area contributed by atoms with Gasteiger partial charge in [-0.05, 0) is 37.8 Å². The number of primary amides is 1. The van der Waals surface area contributed by atoms with E-state index in [0.717, 1.165) is 25.3 Å². The quantitative estimate of drug-likeness (QED) is 0.626. The Hall–Kier alpha value is -3.33. The number of hydrogen-bond acceptors (Lipinski definition) is 5. The molecule has 2 atom stereocenters. The molecule has 7 nitrogen and oxygen atoms in total. The number of fused-ring (bicyclic) bond motifs is 1. The van der Waals surface area contributed by atoms with Crippen molar-refractivity contribution < 1.29 is 23.0 Å². The van der Waals surface area contributed by atoms with Crippen LogP contribution in [0, 0.1) is 11.6 Å². The minimum atomic E-state index is -1.04. The number of rotatable bonds is 4. The Morgan fingerprint density at radius 2 is 2.06 bits per heavy atom. The summed E-state index contributed by atoms with van der Waals surface area (Å²) in [5.41, 5.74) is 6.09. The summed E-state index contributed by atoms with van der Waals surface area (Å²) in [5, 5.41) is 0.114. The zero-order valence-corrected chi connectivity index (χ0v) is 18.0. The summed E-state index contributed by atoms with van der Waals surface area (Å²) in [6, 6.07) is 5.64. The van der Waals surface area contributed by atoms with Crippen LogP contribution >= 0.6 is 0 Å². The van der Waals surface area contributed by atoms with Crippen molar-refractivity contribution in [1.82, 2.24) is 9.97 Å². The van der Waals surface area contributed by atoms with Gasteiger partial charge in [0, 0.05) is 35.4 Å². The van der Waals surface area contributed by atoms with Gasteiger partial charge < -0.3 is 20.2 Å². The molecule has 5 rings (SSSR count). The third-order valence-electron chi connectivity index (χ3n) is 6.99. The summed E-state index contributed by atoms with van der Waals surface area (Å²) in [6.07, 6.45) is 4.82. The number of methoxy groups -OCH3 is 1. The molecule has 33 heavy (non-hydrogen) atoms. The molecule has 1 saturated heterocycles. The number of halogens is 2. The van der Waals surface area contributed by atoms with E-state index in [-0.39, 0.29) is 34.3 Å². The zero-order valence-electron chi connectivity index (χ0n) is 18.0. The van der Waals surface area contributed by atoms with Gasteiger partial charge in [-0.1, -0.05) is 6.07 Å². The number of aromatic nitrogens is 2. The summed E-state index contributed by atoms with van der Waals surface area (Å²) in [7, 11) is 1.31. The number of hydrogen-bond donors (Lipinski definition) is 2. The van der Waals surface area contributed by atoms with Crippen LogP contribution in [0.25, 0.3) is 10.9 Å². The highest BCUT2D eigenvalue weighted by Crippen LogP contribution is 2.53. The molecule has 1 aromatic carbocycles. The Morgan fingerprint density at radius 1 is 1.27 bits per heavy atom. The Bertz CT molecular complexity index is 1320. The monoisotopic (exact) mass is 455 g/mol. The number of amides is 1. The molecule has 0 bridgehead atoms. The fraction of sp³-hybridized carbons (Fsp3) is 0.375. The van der Waals surface area contributed by atoms with Crippen molar-refractivity contribution in [2.24, 2.45) is 5.73 Å². The largest absolute Gasteiger partial charge is 0.493 e. The predicted octanol–water partition coefficient (Wildman–Crippen LogP) is 3.52.